The minimum atomic E-state index is -1.57. The van der Waals surface area contributed by atoms with Crippen molar-refractivity contribution in [2.75, 3.05) is 33.0 Å². The molecule has 0 aliphatic heterocycles. The van der Waals surface area contributed by atoms with Gasteiger partial charge in [0, 0.05) is 6.61 Å². The predicted octanol–water partition coefficient (Wildman–Crippen LogP) is 6.35. The first kappa shape index (κ1) is 25.7. The van der Waals surface area contributed by atoms with E-state index in [0.717, 1.165) is 25.0 Å². The molecule has 1 aromatic carbocycles. The lowest BCUT2D eigenvalue weighted by atomic mass is 10.2. The van der Waals surface area contributed by atoms with Crippen molar-refractivity contribution in [1.29, 1.82) is 0 Å². The summed E-state index contributed by atoms with van der Waals surface area (Å²) in [7, 11) is 0. The van der Waals surface area contributed by atoms with Gasteiger partial charge in [0.05, 0.1) is 26.4 Å². The van der Waals surface area contributed by atoms with Gasteiger partial charge in [0.2, 0.25) is 7.59 Å². The lowest BCUT2D eigenvalue weighted by Gasteiger charge is -2.22. The highest BCUT2D eigenvalue weighted by molar-refractivity contribution is 6.68. The van der Waals surface area contributed by atoms with Gasteiger partial charge in [-0.25, -0.2) is 0 Å². The van der Waals surface area contributed by atoms with Crippen molar-refractivity contribution in [1.82, 2.24) is 0 Å². The van der Waals surface area contributed by atoms with Gasteiger partial charge in [-0.15, -0.1) is 0 Å². The van der Waals surface area contributed by atoms with Gasteiger partial charge >= 0.3 is 0 Å². The maximum Gasteiger partial charge on any atom is 0.213 e. The molecule has 0 saturated carbocycles. The molecule has 4 nitrogen and oxygen atoms in total. The zero-order chi connectivity index (χ0) is 20.2. The fraction of sp³-hybridized carbons (Fsp3) is 0.647. The molecule has 1 aromatic rings. The number of hydrogen-bond donors (Lipinski definition) is 0. The molecule has 0 radical (unpaired) electrons. The number of benzene rings is 1. The average molecular weight is 503 g/mol. The van der Waals surface area contributed by atoms with Crippen LogP contribution in [0.25, 0.3) is 0 Å². The first-order chi connectivity index (χ1) is 12.7. The average Bonchev–Trinajstić information content (AvgIpc) is 2.58. The largest absolute Gasteiger partial charge is 0.494 e. The van der Waals surface area contributed by atoms with E-state index in [-0.39, 0.29) is 19.8 Å². The van der Waals surface area contributed by atoms with Crippen molar-refractivity contribution in [3.05, 3.63) is 30.3 Å². The van der Waals surface area contributed by atoms with Crippen LogP contribution >= 0.6 is 69.6 Å². The van der Waals surface area contributed by atoms with Crippen LogP contribution in [-0.4, -0.2) is 46.9 Å². The highest BCUT2D eigenvalue weighted by Crippen LogP contribution is 2.28. The van der Waals surface area contributed by atoms with Crippen LogP contribution in [0.2, 0.25) is 0 Å². The van der Waals surface area contributed by atoms with E-state index in [9.17, 15) is 0 Å². The van der Waals surface area contributed by atoms with E-state index in [1.165, 1.54) is 0 Å². The van der Waals surface area contributed by atoms with Crippen molar-refractivity contribution in [3.63, 3.8) is 0 Å². The summed E-state index contributed by atoms with van der Waals surface area (Å²) >= 11 is 34.0. The van der Waals surface area contributed by atoms with E-state index in [1.54, 1.807) is 0 Å². The number of hydrogen-bond acceptors (Lipinski definition) is 4. The molecule has 0 heterocycles. The molecule has 0 aromatic heterocycles. The lowest BCUT2D eigenvalue weighted by molar-refractivity contribution is -0.170. The molecule has 156 valence electrons. The van der Waals surface area contributed by atoms with Gasteiger partial charge in [-0.3, -0.25) is 0 Å². The van der Waals surface area contributed by atoms with Crippen LogP contribution in [0.5, 0.6) is 5.75 Å². The summed E-state index contributed by atoms with van der Waals surface area (Å²) in [5, 5.41) is 0. The van der Waals surface area contributed by atoms with Gasteiger partial charge in [-0.1, -0.05) is 87.8 Å². The zero-order valence-corrected chi connectivity index (χ0v) is 19.1. The molecule has 27 heavy (non-hydrogen) atoms. The van der Waals surface area contributed by atoms with Crippen LogP contribution < -0.4 is 4.74 Å². The molecule has 0 atom stereocenters. The monoisotopic (exact) mass is 500 g/mol. The van der Waals surface area contributed by atoms with Crippen LogP contribution in [-0.2, 0) is 14.2 Å². The summed E-state index contributed by atoms with van der Waals surface area (Å²) < 4.78 is 18.7. The molecule has 0 spiro atoms. The number of halogens is 6. The molecular formula is C17H22Cl6O4. The smallest absolute Gasteiger partial charge is 0.213 e. The molecule has 0 N–H and O–H groups in total. The SMILES string of the molecule is ClC(Cl)(Cl)COC(COCCCCCOc1ccccc1)OCC(Cl)(Cl)Cl. The predicted molar refractivity (Wildman–Crippen MR) is 113 cm³/mol. The maximum absolute atomic E-state index is 5.66. The number of alkyl halides is 6. The summed E-state index contributed by atoms with van der Waals surface area (Å²) in [6.07, 6.45) is 1.94. The molecule has 1 rings (SSSR count). The summed E-state index contributed by atoms with van der Waals surface area (Å²) in [6.45, 7) is 0.953. The van der Waals surface area contributed by atoms with Crippen LogP contribution in [0.15, 0.2) is 30.3 Å². The standard InChI is InChI=1S/C17H22Cl6O4/c18-16(19,20)12-26-15(27-13-17(21,22)23)11-24-9-5-2-6-10-25-14-7-3-1-4-8-14/h1,3-4,7-8,15H,2,5-6,9-13H2. The van der Waals surface area contributed by atoms with E-state index in [1.807, 2.05) is 30.3 Å². The van der Waals surface area contributed by atoms with Crippen molar-refractivity contribution >= 4 is 69.6 Å². The van der Waals surface area contributed by atoms with Crippen LogP contribution in [0.3, 0.4) is 0 Å². The quantitative estimate of drug-likeness (QED) is 0.179. The highest BCUT2D eigenvalue weighted by atomic mass is 35.6. The minimum Gasteiger partial charge on any atom is -0.494 e. The summed E-state index contributed by atoms with van der Waals surface area (Å²) in [4.78, 5) is 0. The lowest BCUT2D eigenvalue weighted by Crippen LogP contribution is -2.31. The first-order valence-corrected chi connectivity index (χ1v) is 10.5. The summed E-state index contributed by atoms with van der Waals surface area (Å²) in [5.41, 5.74) is 0. The summed E-state index contributed by atoms with van der Waals surface area (Å²) in [5.74, 6) is 0.869. The van der Waals surface area contributed by atoms with Gasteiger partial charge in [-0.05, 0) is 31.4 Å². The fourth-order valence-electron chi connectivity index (χ4n) is 1.89. The zero-order valence-electron chi connectivity index (χ0n) is 14.5. The third-order valence-electron chi connectivity index (χ3n) is 3.06. The van der Waals surface area contributed by atoms with Crippen LogP contribution in [0.4, 0.5) is 0 Å². The van der Waals surface area contributed by atoms with Crippen LogP contribution in [0.1, 0.15) is 19.3 Å². The number of rotatable bonds is 13. The highest BCUT2D eigenvalue weighted by Gasteiger charge is 2.26. The van der Waals surface area contributed by atoms with Gasteiger partial charge in [-0.2, -0.15) is 0 Å². The Morgan fingerprint density at radius 1 is 0.741 bits per heavy atom. The van der Waals surface area contributed by atoms with Crippen molar-refractivity contribution < 1.29 is 18.9 Å². The maximum atomic E-state index is 5.66. The molecule has 0 bridgehead atoms. The third-order valence-corrected chi connectivity index (χ3v) is 3.72. The number of unbranched alkanes of at least 4 members (excludes halogenated alkanes) is 2. The molecule has 0 saturated heterocycles. The molecule has 0 amide bonds. The van der Waals surface area contributed by atoms with Crippen LogP contribution in [0, 0.1) is 0 Å². The van der Waals surface area contributed by atoms with Gasteiger partial charge in [0.25, 0.3) is 0 Å². The minimum absolute atomic E-state index is 0.127. The van der Waals surface area contributed by atoms with E-state index in [0.29, 0.717) is 13.2 Å². The second-order valence-corrected chi connectivity index (χ2v) is 10.6. The van der Waals surface area contributed by atoms with Gasteiger partial charge in [0.1, 0.15) is 5.75 Å². The molecule has 10 heteroatoms. The second kappa shape index (κ2) is 13.8. The van der Waals surface area contributed by atoms with Crippen molar-refractivity contribution in [3.8, 4) is 5.75 Å². The normalized spacial score (nSPS) is 12.6. The second-order valence-electron chi connectivity index (χ2n) is 5.58. The van der Waals surface area contributed by atoms with E-state index >= 15 is 0 Å². The Morgan fingerprint density at radius 2 is 1.30 bits per heavy atom. The van der Waals surface area contributed by atoms with E-state index in [2.05, 4.69) is 0 Å². The van der Waals surface area contributed by atoms with Gasteiger partial charge < -0.3 is 18.9 Å². The molecule has 0 aliphatic rings. The summed E-state index contributed by atoms with van der Waals surface area (Å²) in [6, 6.07) is 9.69. The Kier molecular flexibility index (Phi) is 13.1. The molecule has 0 fully saturated rings. The molecule has 0 aliphatic carbocycles. The first-order valence-electron chi connectivity index (χ1n) is 8.28. The van der Waals surface area contributed by atoms with Crippen molar-refractivity contribution in [2.45, 2.75) is 33.1 Å². The fourth-order valence-corrected chi connectivity index (χ4v) is 2.27. The Morgan fingerprint density at radius 3 is 1.85 bits per heavy atom. The van der Waals surface area contributed by atoms with E-state index < -0.39 is 13.9 Å². The van der Waals surface area contributed by atoms with E-state index in [4.69, 9.17) is 88.6 Å². The van der Waals surface area contributed by atoms with Gasteiger partial charge in [0.15, 0.2) is 6.29 Å². The molecular weight excluding hydrogens is 481 g/mol. The Balaban J connectivity index is 2.14. The third kappa shape index (κ3) is 16.2. The topological polar surface area (TPSA) is 36.9 Å². The Bertz CT molecular complexity index is 474. The number of ether oxygens (including phenoxy) is 4. The Hall–Kier alpha value is 0.640. The molecule has 0 unspecified atom stereocenters. The number of para-hydroxylation sites is 1. The Labute approximate surface area is 190 Å². The van der Waals surface area contributed by atoms with Crippen molar-refractivity contribution in [2.24, 2.45) is 0 Å².